The summed E-state index contributed by atoms with van der Waals surface area (Å²) in [6.45, 7) is 2.93. The van der Waals surface area contributed by atoms with Crippen molar-refractivity contribution in [2.24, 2.45) is 0 Å². The van der Waals surface area contributed by atoms with Crippen molar-refractivity contribution in [1.29, 1.82) is 5.26 Å². The van der Waals surface area contributed by atoms with Crippen LogP contribution in [0.15, 0.2) is 77.7 Å². The molecule has 1 fully saturated rings. The second-order valence-electron chi connectivity index (χ2n) is 8.55. The lowest BCUT2D eigenvalue weighted by molar-refractivity contribution is 0.00763. The molecule has 4 rings (SSSR count). The predicted octanol–water partition coefficient (Wildman–Crippen LogP) is 4.48. The minimum Gasteiger partial charge on any atom is -0.497 e. The summed E-state index contributed by atoms with van der Waals surface area (Å²) in [4.78, 5) is 2.43. The second-order valence-corrected chi connectivity index (χ2v) is 10.9. The Morgan fingerprint density at radius 2 is 1.72 bits per heavy atom. The first-order chi connectivity index (χ1) is 17.4. The van der Waals surface area contributed by atoms with Crippen molar-refractivity contribution < 1.29 is 17.9 Å². The molecule has 0 spiro atoms. The topological polar surface area (TPSA) is 82.9 Å². The number of hydrogen-bond donors (Lipinski definition) is 0. The third kappa shape index (κ3) is 6.44. The quantitative estimate of drug-likeness (QED) is 0.409. The molecule has 0 aliphatic carbocycles. The predicted molar refractivity (Wildman–Crippen MR) is 138 cm³/mol. The smallest absolute Gasteiger partial charge is 0.243 e. The maximum Gasteiger partial charge on any atom is 0.243 e. The van der Waals surface area contributed by atoms with Crippen LogP contribution in [-0.4, -0.2) is 57.5 Å². The largest absolute Gasteiger partial charge is 0.497 e. The molecule has 1 heterocycles. The third-order valence-corrected chi connectivity index (χ3v) is 8.32. The molecule has 0 amide bonds. The zero-order valence-electron chi connectivity index (χ0n) is 20.0. The Morgan fingerprint density at radius 1 is 1.00 bits per heavy atom. The van der Waals surface area contributed by atoms with Crippen LogP contribution in [-0.2, 0) is 21.4 Å². The molecule has 1 saturated heterocycles. The molecule has 1 aliphatic rings. The SMILES string of the molecule is COc1cccc([C@@H](CN2CCN(S(=O)(=O)c3cccc(Cl)c3)CC2)OCc2ccc(C#N)cc2)c1. The van der Waals surface area contributed by atoms with Gasteiger partial charge >= 0.3 is 0 Å². The lowest BCUT2D eigenvalue weighted by Gasteiger charge is -2.36. The van der Waals surface area contributed by atoms with Crippen LogP contribution in [0.5, 0.6) is 5.75 Å². The average Bonchev–Trinajstić information content (AvgIpc) is 2.91. The highest BCUT2D eigenvalue weighted by molar-refractivity contribution is 7.89. The summed E-state index contributed by atoms with van der Waals surface area (Å²) in [7, 11) is -1.97. The Bertz CT molecular complexity index is 1320. The minimum absolute atomic E-state index is 0.212. The number of sulfonamides is 1. The van der Waals surface area contributed by atoms with E-state index in [9.17, 15) is 8.42 Å². The number of ether oxygens (including phenoxy) is 2. The third-order valence-electron chi connectivity index (χ3n) is 6.19. The van der Waals surface area contributed by atoms with Crippen LogP contribution in [0.1, 0.15) is 22.8 Å². The Kier molecular flexibility index (Phi) is 8.62. The van der Waals surface area contributed by atoms with Crippen molar-refractivity contribution in [3.8, 4) is 11.8 Å². The van der Waals surface area contributed by atoms with E-state index in [1.54, 1.807) is 37.4 Å². The van der Waals surface area contributed by atoms with Crippen LogP contribution in [0.4, 0.5) is 0 Å². The van der Waals surface area contributed by atoms with E-state index in [1.807, 2.05) is 36.4 Å². The van der Waals surface area contributed by atoms with Gasteiger partial charge in [-0.2, -0.15) is 9.57 Å². The van der Waals surface area contributed by atoms with Crippen molar-refractivity contribution in [3.63, 3.8) is 0 Å². The fourth-order valence-corrected chi connectivity index (χ4v) is 5.86. The van der Waals surface area contributed by atoms with E-state index in [1.165, 1.54) is 10.4 Å². The average molecular weight is 526 g/mol. The van der Waals surface area contributed by atoms with Gasteiger partial charge in [0.25, 0.3) is 0 Å². The molecule has 1 aliphatic heterocycles. The second kappa shape index (κ2) is 11.9. The van der Waals surface area contributed by atoms with Crippen molar-refractivity contribution in [1.82, 2.24) is 9.21 Å². The monoisotopic (exact) mass is 525 g/mol. The number of nitrogens with zero attached hydrogens (tertiary/aromatic N) is 3. The summed E-state index contributed by atoms with van der Waals surface area (Å²) in [5, 5.41) is 9.43. The fraction of sp³-hybridized carbons (Fsp3) is 0.296. The van der Waals surface area contributed by atoms with Gasteiger partial charge in [0, 0.05) is 37.7 Å². The van der Waals surface area contributed by atoms with Gasteiger partial charge in [-0.1, -0.05) is 41.9 Å². The Balaban J connectivity index is 1.44. The minimum atomic E-state index is -3.60. The Hall–Kier alpha value is -2.93. The number of rotatable bonds is 9. The van der Waals surface area contributed by atoms with Gasteiger partial charge in [0.05, 0.1) is 36.3 Å². The van der Waals surface area contributed by atoms with Crippen molar-refractivity contribution >= 4 is 21.6 Å². The number of piperazine rings is 1. The molecule has 0 bridgehead atoms. The highest BCUT2D eigenvalue weighted by Crippen LogP contribution is 2.26. The van der Waals surface area contributed by atoms with Crippen LogP contribution < -0.4 is 4.74 Å². The first-order valence-electron chi connectivity index (χ1n) is 11.6. The van der Waals surface area contributed by atoms with Crippen LogP contribution in [0.2, 0.25) is 5.02 Å². The van der Waals surface area contributed by atoms with Gasteiger partial charge in [-0.05, 0) is 53.6 Å². The van der Waals surface area contributed by atoms with E-state index in [0.29, 0.717) is 49.9 Å². The van der Waals surface area contributed by atoms with E-state index >= 15 is 0 Å². The first kappa shape index (κ1) is 26.1. The van der Waals surface area contributed by atoms with E-state index < -0.39 is 10.0 Å². The molecular formula is C27H28ClN3O4S. The van der Waals surface area contributed by atoms with Crippen molar-refractivity contribution in [3.05, 3.63) is 94.5 Å². The lowest BCUT2D eigenvalue weighted by atomic mass is 10.1. The number of benzene rings is 3. The van der Waals surface area contributed by atoms with Gasteiger partial charge in [0.1, 0.15) is 5.75 Å². The number of nitriles is 1. The summed E-state index contributed by atoms with van der Waals surface area (Å²) >= 11 is 6.01. The summed E-state index contributed by atoms with van der Waals surface area (Å²) < 4.78 is 39.4. The van der Waals surface area contributed by atoms with Gasteiger partial charge in [-0.25, -0.2) is 8.42 Å². The van der Waals surface area contributed by atoms with Gasteiger partial charge in [0.15, 0.2) is 0 Å². The van der Waals surface area contributed by atoms with Crippen LogP contribution in [0, 0.1) is 11.3 Å². The van der Waals surface area contributed by atoms with E-state index in [0.717, 1.165) is 16.9 Å². The van der Waals surface area contributed by atoms with Crippen LogP contribution in [0.25, 0.3) is 0 Å². The molecule has 0 aromatic heterocycles. The fourth-order valence-electron chi connectivity index (χ4n) is 4.13. The highest BCUT2D eigenvalue weighted by atomic mass is 35.5. The molecular weight excluding hydrogens is 498 g/mol. The zero-order chi connectivity index (χ0) is 25.5. The summed E-state index contributed by atoms with van der Waals surface area (Å²) in [5.41, 5.74) is 2.56. The van der Waals surface area contributed by atoms with Gasteiger partial charge in [0.2, 0.25) is 10.0 Å². The van der Waals surface area contributed by atoms with Crippen LogP contribution >= 0.6 is 11.6 Å². The normalized spacial score (nSPS) is 15.8. The number of halogens is 1. The first-order valence-corrected chi connectivity index (χ1v) is 13.4. The van der Waals surface area contributed by atoms with E-state index in [-0.39, 0.29) is 11.0 Å². The highest BCUT2D eigenvalue weighted by Gasteiger charge is 2.30. The van der Waals surface area contributed by atoms with Crippen LogP contribution in [0.3, 0.4) is 0 Å². The molecule has 1 atom stereocenters. The summed E-state index contributed by atoms with van der Waals surface area (Å²) in [6.07, 6.45) is -0.244. The molecule has 0 saturated carbocycles. The zero-order valence-corrected chi connectivity index (χ0v) is 21.6. The van der Waals surface area contributed by atoms with Gasteiger partial charge < -0.3 is 9.47 Å². The summed E-state index contributed by atoms with van der Waals surface area (Å²) in [5.74, 6) is 0.747. The van der Waals surface area contributed by atoms with E-state index in [4.69, 9.17) is 26.3 Å². The van der Waals surface area contributed by atoms with Gasteiger partial charge in [-0.15, -0.1) is 0 Å². The molecule has 9 heteroatoms. The van der Waals surface area contributed by atoms with Gasteiger partial charge in [-0.3, -0.25) is 4.90 Å². The maximum absolute atomic E-state index is 13.1. The molecule has 36 heavy (non-hydrogen) atoms. The Morgan fingerprint density at radius 3 is 2.39 bits per heavy atom. The molecule has 0 N–H and O–H groups in total. The standard InChI is InChI=1S/C27H28ClN3O4S/c1-34-25-6-2-4-23(16-25)27(35-20-22-10-8-21(18-29)9-11-22)19-30-12-14-31(15-13-30)36(32,33)26-7-3-5-24(28)17-26/h2-11,16-17,27H,12-15,19-20H2,1H3/t27-/m1/s1. The maximum atomic E-state index is 13.1. The van der Waals surface area contributed by atoms with Crippen molar-refractivity contribution in [2.45, 2.75) is 17.6 Å². The van der Waals surface area contributed by atoms with E-state index in [2.05, 4.69) is 11.0 Å². The molecule has 188 valence electrons. The molecule has 7 nitrogen and oxygen atoms in total. The number of methoxy groups -OCH3 is 1. The molecule has 0 unspecified atom stereocenters. The Labute approximate surface area is 217 Å². The van der Waals surface area contributed by atoms with Crippen molar-refractivity contribution in [2.75, 3.05) is 39.8 Å². The molecule has 3 aromatic carbocycles. The number of hydrogen-bond acceptors (Lipinski definition) is 6. The molecule has 3 aromatic rings. The lowest BCUT2D eigenvalue weighted by Crippen LogP contribution is -2.49. The molecule has 0 radical (unpaired) electrons. The summed E-state index contributed by atoms with van der Waals surface area (Å²) in [6, 6.07) is 23.6.